The van der Waals surface area contributed by atoms with Gasteiger partial charge in [0.2, 0.25) is 0 Å². The minimum absolute atomic E-state index is 0.411. The van der Waals surface area contributed by atoms with Crippen molar-refractivity contribution in [3.05, 3.63) is 0 Å². The van der Waals surface area contributed by atoms with E-state index in [1.54, 1.807) is 0 Å². The van der Waals surface area contributed by atoms with Gasteiger partial charge < -0.3 is 15.6 Å². The molecule has 0 bridgehead atoms. The SMILES string of the molecule is NC(COCCC(F)(F)F)C(=O)O. The van der Waals surface area contributed by atoms with Crippen molar-refractivity contribution in [3.8, 4) is 0 Å². The molecule has 0 radical (unpaired) electrons. The highest BCUT2D eigenvalue weighted by atomic mass is 19.4. The molecule has 0 aliphatic rings. The Kier molecular flexibility index (Phi) is 4.71. The Labute approximate surface area is 72.5 Å². The maximum absolute atomic E-state index is 11.5. The van der Waals surface area contributed by atoms with E-state index in [0.29, 0.717) is 0 Å². The zero-order valence-electron chi connectivity index (χ0n) is 6.67. The van der Waals surface area contributed by atoms with E-state index < -0.39 is 37.8 Å². The first-order valence-corrected chi connectivity index (χ1v) is 3.46. The second-order valence-corrected chi connectivity index (χ2v) is 2.38. The molecule has 0 aromatic carbocycles. The molecule has 3 N–H and O–H groups in total. The second-order valence-electron chi connectivity index (χ2n) is 2.38. The lowest BCUT2D eigenvalue weighted by molar-refractivity contribution is -0.147. The Hall–Kier alpha value is -0.820. The van der Waals surface area contributed by atoms with Gasteiger partial charge in [0.25, 0.3) is 0 Å². The summed E-state index contributed by atoms with van der Waals surface area (Å²) in [5.74, 6) is -1.30. The van der Waals surface area contributed by atoms with Gasteiger partial charge in [-0.3, -0.25) is 4.79 Å². The molecule has 0 aliphatic heterocycles. The van der Waals surface area contributed by atoms with Crippen LogP contribution in [0.5, 0.6) is 0 Å². The van der Waals surface area contributed by atoms with Gasteiger partial charge in [-0.1, -0.05) is 0 Å². The minimum atomic E-state index is -4.28. The monoisotopic (exact) mass is 201 g/mol. The molecule has 0 aliphatic carbocycles. The van der Waals surface area contributed by atoms with Crippen molar-refractivity contribution in [3.63, 3.8) is 0 Å². The lowest BCUT2D eigenvalue weighted by atomic mass is 10.3. The van der Waals surface area contributed by atoms with Crippen molar-refractivity contribution >= 4 is 5.97 Å². The van der Waals surface area contributed by atoms with Crippen LogP contribution in [0.4, 0.5) is 13.2 Å². The molecular formula is C6H10F3NO3. The van der Waals surface area contributed by atoms with E-state index in [2.05, 4.69) is 4.74 Å². The molecule has 0 aromatic heterocycles. The third-order valence-electron chi connectivity index (χ3n) is 1.14. The van der Waals surface area contributed by atoms with Gasteiger partial charge in [0.1, 0.15) is 6.04 Å². The topological polar surface area (TPSA) is 72.5 Å². The van der Waals surface area contributed by atoms with Crippen LogP contribution in [0.15, 0.2) is 0 Å². The van der Waals surface area contributed by atoms with Crippen LogP contribution in [0.25, 0.3) is 0 Å². The Morgan fingerprint density at radius 1 is 1.54 bits per heavy atom. The van der Waals surface area contributed by atoms with Crippen molar-refractivity contribution in [1.82, 2.24) is 0 Å². The van der Waals surface area contributed by atoms with Crippen LogP contribution in [-0.4, -0.2) is 36.5 Å². The number of carboxylic acid groups (broad SMARTS) is 1. The van der Waals surface area contributed by atoms with Gasteiger partial charge in [-0.15, -0.1) is 0 Å². The van der Waals surface area contributed by atoms with Crippen LogP contribution < -0.4 is 5.73 Å². The van der Waals surface area contributed by atoms with Crippen molar-refractivity contribution in [1.29, 1.82) is 0 Å². The normalized spacial score (nSPS) is 14.2. The Bertz CT molecular complexity index is 171. The summed E-state index contributed by atoms with van der Waals surface area (Å²) in [6, 6.07) is -1.27. The summed E-state index contributed by atoms with van der Waals surface area (Å²) in [7, 11) is 0. The number of rotatable bonds is 5. The Balaban J connectivity index is 3.41. The molecule has 0 aromatic rings. The Morgan fingerprint density at radius 2 is 2.08 bits per heavy atom. The van der Waals surface area contributed by atoms with Crippen LogP contribution in [-0.2, 0) is 9.53 Å². The molecule has 1 atom stereocenters. The molecule has 1 unspecified atom stereocenters. The number of carbonyl (C=O) groups is 1. The lowest BCUT2D eigenvalue weighted by Gasteiger charge is -2.09. The van der Waals surface area contributed by atoms with Gasteiger partial charge in [0.05, 0.1) is 19.6 Å². The van der Waals surface area contributed by atoms with Gasteiger partial charge in [0.15, 0.2) is 0 Å². The summed E-state index contributed by atoms with van der Waals surface area (Å²) < 4.78 is 38.9. The highest BCUT2D eigenvalue weighted by molar-refractivity contribution is 5.73. The predicted molar refractivity (Wildman–Crippen MR) is 37.1 cm³/mol. The average molecular weight is 201 g/mol. The number of hydrogen-bond donors (Lipinski definition) is 2. The number of ether oxygens (including phenoxy) is 1. The number of alkyl halides is 3. The molecule has 78 valence electrons. The summed E-state index contributed by atoms with van der Waals surface area (Å²) in [4.78, 5) is 10.1. The van der Waals surface area contributed by atoms with Gasteiger partial charge in [-0.25, -0.2) is 0 Å². The zero-order chi connectivity index (χ0) is 10.5. The third kappa shape index (κ3) is 7.54. The standard InChI is InChI=1S/C6H10F3NO3/c7-6(8,9)1-2-13-3-4(10)5(11)12/h4H,1-3,10H2,(H,11,12). The molecule has 4 nitrogen and oxygen atoms in total. The van der Waals surface area contributed by atoms with Crippen molar-refractivity contribution < 1.29 is 27.8 Å². The number of nitrogens with two attached hydrogens (primary N) is 1. The van der Waals surface area contributed by atoms with E-state index in [-0.39, 0.29) is 0 Å². The first kappa shape index (κ1) is 12.2. The van der Waals surface area contributed by atoms with E-state index in [1.807, 2.05) is 0 Å². The van der Waals surface area contributed by atoms with E-state index in [4.69, 9.17) is 10.8 Å². The molecular weight excluding hydrogens is 191 g/mol. The van der Waals surface area contributed by atoms with E-state index in [0.717, 1.165) is 0 Å². The molecule has 13 heavy (non-hydrogen) atoms. The summed E-state index contributed by atoms with van der Waals surface area (Å²) in [6.45, 7) is -0.976. The van der Waals surface area contributed by atoms with Crippen molar-refractivity contribution in [2.45, 2.75) is 18.6 Å². The van der Waals surface area contributed by atoms with E-state index in [9.17, 15) is 18.0 Å². The van der Waals surface area contributed by atoms with Gasteiger partial charge >= 0.3 is 12.1 Å². The fraction of sp³-hybridized carbons (Fsp3) is 0.833. The first-order valence-electron chi connectivity index (χ1n) is 3.46. The lowest BCUT2D eigenvalue weighted by Crippen LogP contribution is -2.35. The van der Waals surface area contributed by atoms with Crippen LogP contribution in [0.2, 0.25) is 0 Å². The number of halogens is 3. The summed E-state index contributed by atoms with van der Waals surface area (Å²) in [5, 5.41) is 8.21. The molecule has 0 amide bonds. The smallest absolute Gasteiger partial charge is 0.391 e. The predicted octanol–water partition coefficient (Wildman–Crippen LogP) is 0.367. The Morgan fingerprint density at radius 3 is 2.46 bits per heavy atom. The largest absolute Gasteiger partial charge is 0.480 e. The first-order chi connectivity index (χ1) is 5.83. The maximum Gasteiger partial charge on any atom is 0.391 e. The number of hydrogen-bond acceptors (Lipinski definition) is 3. The third-order valence-corrected chi connectivity index (χ3v) is 1.14. The molecule has 0 saturated heterocycles. The van der Waals surface area contributed by atoms with Crippen LogP contribution >= 0.6 is 0 Å². The summed E-state index contributed by atoms with van der Waals surface area (Å²) >= 11 is 0. The van der Waals surface area contributed by atoms with Crippen LogP contribution in [0.3, 0.4) is 0 Å². The second kappa shape index (κ2) is 5.03. The van der Waals surface area contributed by atoms with E-state index >= 15 is 0 Å². The summed E-state index contributed by atoms with van der Waals surface area (Å²) in [5.41, 5.74) is 4.96. The highest BCUT2D eigenvalue weighted by Gasteiger charge is 2.26. The van der Waals surface area contributed by atoms with Gasteiger partial charge in [0, 0.05) is 0 Å². The molecule has 0 spiro atoms. The fourth-order valence-corrected chi connectivity index (χ4v) is 0.469. The average Bonchev–Trinajstić information content (AvgIpc) is 1.95. The molecule has 0 rings (SSSR count). The van der Waals surface area contributed by atoms with Crippen LogP contribution in [0.1, 0.15) is 6.42 Å². The number of carboxylic acids is 1. The van der Waals surface area contributed by atoms with Crippen molar-refractivity contribution in [2.24, 2.45) is 5.73 Å². The summed E-state index contributed by atoms with van der Waals surface area (Å²) in [6.07, 6.45) is -5.38. The van der Waals surface area contributed by atoms with E-state index in [1.165, 1.54) is 0 Å². The zero-order valence-corrected chi connectivity index (χ0v) is 6.67. The molecule has 0 fully saturated rings. The molecule has 0 heterocycles. The fourth-order valence-electron chi connectivity index (χ4n) is 0.469. The molecule has 0 saturated carbocycles. The van der Waals surface area contributed by atoms with Gasteiger partial charge in [-0.05, 0) is 0 Å². The van der Waals surface area contributed by atoms with Crippen molar-refractivity contribution in [2.75, 3.05) is 13.2 Å². The quantitative estimate of drug-likeness (QED) is 0.630. The minimum Gasteiger partial charge on any atom is -0.480 e. The number of aliphatic carboxylic acids is 1. The van der Waals surface area contributed by atoms with Gasteiger partial charge in [-0.2, -0.15) is 13.2 Å². The highest BCUT2D eigenvalue weighted by Crippen LogP contribution is 2.18. The maximum atomic E-state index is 11.5. The van der Waals surface area contributed by atoms with Crippen LogP contribution in [0, 0.1) is 0 Å². The molecule has 7 heteroatoms.